The van der Waals surface area contributed by atoms with Gasteiger partial charge in [0.2, 0.25) is 0 Å². The number of anilines is 1. The van der Waals surface area contributed by atoms with Gasteiger partial charge >= 0.3 is 29.6 Å². The maximum atomic E-state index is 10.8. The first-order valence-corrected chi connectivity index (χ1v) is 6.86. The van der Waals surface area contributed by atoms with Crippen molar-refractivity contribution in [2.45, 2.75) is 24.3 Å². The molecule has 1 rings (SSSR count). The van der Waals surface area contributed by atoms with E-state index in [2.05, 4.69) is 5.32 Å². The molecular formula is C10H14N3NaO5S. The third-order valence-corrected chi connectivity index (χ3v) is 3.20. The molecule has 20 heavy (non-hydrogen) atoms. The van der Waals surface area contributed by atoms with Crippen molar-refractivity contribution in [1.82, 2.24) is 0 Å². The Morgan fingerprint density at radius 3 is 2.50 bits per heavy atom. The second-order valence-electron chi connectivity index (χ2n) is 4.08. The fraction of sp³-hybridized carbons (Fsp3) is 0.400. The standard InChI is InChI=1S/C10H15N3O5S.Na/c1-7(11)4-5-12-9-3-2-8(19(16,17)18)6-10(9)13(14)15;/h2-3,6-7,12H,4-5,11H2,1H3,(H,16,17,18);/q;+1/p-1. The molecule has 1 atom stereocenters. The van der Waals surface area contributed by atoms with E-state index in [0.717, 1.165) is 12.1 Å². The average Bonchev–Trinajstić information content (AvgIpc) is 2.27. The third kappa shape index (κ3) is 5.73. The Labute approximate surface area is 138 Å². The number of nitrogens with two attached hydrogens (primary N) is 1. The van der Waals surface area contributed by atoms with E-state index in [9.17, 15) is 23.1 Å². The fourth-order valence-corrected chi connectivity index (χ4v) is 1.89. The van der Waals surface area contributed by atoms with E-state index in [-0.39, 0.29) is 41.3 Å². The quantitative estimate of drug-likeness (QED) is 0.259. The van der Waals surface area contributed by atoms with Gasteiger partial charge in [0, 0.05) is 18.7 Å². The first kappa shape index (κ1) is 19.3. The van der Waals surface area contributed by atoms with Gasteiger partial charge in [-0.3, -0.25) is 10.1 Å². The van der Waals surface area contributed by atoms with Crippen molar-refractivity contribution < 1.29 is 47.5 Å². The van der Waals surface area contributed by atoms with Crippen molar-refractivity contribution in [3.05, 3.63) is 28.3 Å². The topological polar surface area (TPSA) is 138 Å². The molecule has 8 nitrogen and oxygen atoms in total. The van der Waals surface area contributed by atoms with Gasteiger partial charge in [0.25, 0.3) is 5.69 Å². The maximum Gasteiger partial charge on any atom is 1.00 e. The molecule has 10 heteroatoms. The van der Waals surface area contributed by atoms with E-state index in [4.69, 9.17) is 5.73 Å². The van der Waals surface area contributed by atoms with Crippen molar-refractivity contribution >= 4 is 21.5 Å². The number of hydrogen-bond donors (Lipinski definition) is 2. The number of nitrogens with one attached hydrogen (secondary N) is 1. The number of hydrogen-bond acceptors (Lipinski definition) is 7. The number of nitro groups is 1. The molecule has 0 aliphatic rings. The first-order valence-electron chi connectivity index (χ1n) is 5.45. The van der Waals surface area contributed by atoms with E-state index < -0.39 is 25.6 Å². The minimum Gasteiger partial charge on any atom is -0.744 e. The zero-order chi connectivity index (χ0) is 14.6. The largest absolute Gasteiger partial charge is 1.00 e. The van der Waals surface area contributed by atoms with Gasteiger partial charge in [0.1, 0.15) is 15.8 Å². The van der Waals surface area contributed by atoms with Crippen LogP contribution in [0, 0.1) is 10.1 Å². The van der Waals surface area contributed by atoms with E-state index in [1.807, 2.05) is 0 Å². The molecule has 0 saturated heterocycles. The van der Waals surface area contributed by atoms with Crippen LogP contribution in [-0.2, 0) is 10.1 Å². The smallest absolute Gasteiger partial charge is 0.744 e. The van der Waals surface area contributed by atoms with Gasteiger partial charge in [-0.15, -0.1) is 0 Å². The normalized spacial score (nSPS) is 12.3. The summed E-state index contributed by atoms with van der Waals surface area (Å²) in [6, 6.07) is 2.91. The summed E-state index contributed by atoms with van der Waals surface area (Å²) < 4.78 is 32.4. The van der Waals surface area contributed by atoms with Gasteiger partial charge in [0.15, 0.2) is 0 Å². The Hall–Kier alpha value is -0.710. The SMILES string of the molecule is CC(N)CCNc1ccc(S(=O)(=O)[O-])cc1[N+](=O)[O-].[Na+]. The summed E-state index contributed by atoms with van der Waals surface area (Å²) in [5.41, 5.74) is 5.24. The van der Waals surface area contributed by atoms with Crippen LogP contribution in [0.2, 0.25) is 0 Å². The van der Waals surface area contributed by atoms with Crippen LogP contribution in [0.4, 0.5) is 11.4 Å². The molecule has 0 amide bonds. The van der Waals surface area contributed by atoms with Crippen molar-refractivity contribution in [3.8, 4) is 0 Å². The number of benzene rings is 1. The van der Waals surface area contributed by atoms with Crippen LogP contribution in [-0.4, -0.2) is 30.5 Å². The van der Waals surface area contributed by atoms with Crippen LogP contribution in [0.25, 0.3) is 0 Å². The molecule has 0 aliphatic carbocycles. The molecule has 3 N–H and O–H groups in total. The summed E-state index contributed by atoms with van der Waals surface area (Å²) in [5.74, 6) is 0. The second kappa shape index (κ2) is 7.91. The monoisotopic (exact) mass is 311 g/mol. The predicted octanol–water partition coefficient (Wildman–Crippen LogP) is -2.35. The van der Waals surface area contributed by atoms with Gasteiger partial charge in [-0.2, -0.15) is 0 Å². The van der Waals surface area contributed by atoms with Crippen LogP contribution in [0.15, 0.2) is 23.1 Å². The molecule has 1 aromatic rings. The Bertz CT molecular complexity index is 576. The first-order chi connectivity index (χ1) is 8.71. The zero-order valence-electron chi connectivity index (χ0n) is 11.2. The number of rotatable bonds is 6. The van der Waals surface area contributed by atoms with Crippen molar-refractivity contribution in [3.63, 3.8) is 0 Å². The van der Waals surface area contributed by atoms with Gasteiger partial charge in [0.05, 0.1) is 9.82 Å². The molecule has 0 heterocycles. The van der Waals surface area contributed by atoms with Gasteiger partial charge in [-0.05, 0) is 25.5 Å². The molecular weight excluding hydrogens is 297 g/mol. The molecule has 0 aliphatic heterocycles. The Balaban J connectivity index is 0.00000361. The van der Waals surface area contributed by atoms with E-state index in [1.54, 1.807) is 6.92 Å². The van der Waals surface area contributed by atoms with Crippen molar-refractivity contribution in [2.75, 3.05) is 11.9 Å². The summed E-state index contributed by atoms with van der Waals surface area (Å²) in [4.78, 5) is 9.47. The zero-order valence-corrected chi connectivity index (χ0v) is 14.0. The molecule has 106 valence electrons. The minimum absolute atomic E-state index is 0. The Kier molecular flexibility index (Phi) is 7.63. The molecule has 0 fully saturated rings. The predicted molar refractivity (Wildman–Crippen MR) is 67.8 cm³/mol. The molecule has 1 unspecified atom stereocenters. The van der Waals surface area contributed by atoms with Crippen molar-refractivity contribution in [1.29, 1.82) is 0 Å². The van der Waals surface area contributed by atoms with Crippen LogP contribution in [0.3, 0.4) is 0 Å². The number of nitrogens with zero attached hydrogens (tertiary/aromatic N) is 1. The summed E-state index contributed by atoms with van der Waals surface area (Å²) in [5, 5.41) is 13.6. The molecule has 1 aromatic carbocycles. The van der Waals surface area contributed by atoms with E-state index >= 15 is 0 Å². The summed E-state index contributed by atoms with van der Waals surface area (Å²) in [6.45, 7) is 2.20. The molecule has 0 saturated carbocycles. The maximum absolute atomic E-state index is 10.8. The van der Waals surface area contributed by atoms with Gasteiger partial charge < -0.3 is 15.6 Å². The summed E-state index contributed by atoms with van der Waals surface area (Å²) >= 11 is 0. The second-order valence-corrected chi connectivity index (χ2v) is 5.46. The fourth-order valence-electron chi connectivity index (χ4n) is 1.40. The van der Waals surface area contributed by atoms with Crippen LogP contribution in [0.5, 0.6) is 0 Å². The van der Waals surface area contributed by atoms with Gasteiger partial charge in [-0.1, -0.05) is 0 Å². The molecule has 0 aromatic heterocycles. The molecule has 0 radical (unpaired) electrons. The van der Waals surface area contributed by atoms with E-state index in [1.165, 1.54) is 6.07 Å². The van der Waals surface area contributed by atoms with Crippen LogP contribution >= 0.6 is 0 Å². The van der Waals surface area contributed by atoms with E-state index in [0.29, 0.717) is 13.0 Å². The van der Waals surface area contributed by atoms with Gasteiger partial charge in [-0.25, -0.2) is 8.42 Å². The van der Waals surface area contributed by atoms with Crippen LogP contribution in [0.1, 0.15) is 13.3 Å². The summed E-state index contributed by atoms with van der Waals surface area (Å²) in [7, 11) is -4.71. The Morgan fingerprint density at radius 1 is 1.45 bits per heavy atom. The van der Waals surface area contributed by atoms with Crippen molar-refractivity contribution in [2.24, 2.45) is 5.73 Å². The summed E-state index contributed by atoms with van der Waals surface area (Å²) in [6.07, 6.45) is 0.596. The molecule has 0 bridgehead atoms. The van der Waals surface area contributed by atoms with Crippen LogP contribution < -0.4 is 40.6 Å². The number of nitro benzene ring substituents is 1. The third-order valence-electron chi connectivity index (χ3n) is 2.37. The Morgan fingerprint density at radius 2 is 2.05 bits per heavy atom. The average molecular weight is 311 g/mol. The minimum atomic E-state index is -4.71. The molecule has 0 spiro atoms.